The van der Waals surface area contributed by atoms with Crippen LogP contribution in [0, 0.1) is 6.92 Å². The molecule has 3 heteroatoms. The molecule has 2 aromatic rings. The number of benzene rings is 2. The number of nitrogens with one attached hydrogen (secondary N) is 1. The van der Waals surface area contributed by atoms with E-state index in [0.29, 0.717) is 0 Å². The van der Waals surface area contributed by atoms with Crippen LogP contribution in [0.1, 0.15) is 24.5 Å². The molecule has 0 aromatic heterocycles. The second-order valence-corrected chi connectivity index (χ2v) is 5.93. The quantitative estimate of drug-likeness (QED) is 0.574. The number of hydrogen-bond donors (Lipinski definition) is 1. The molecule has 0 aliphatic heterocycles. The van der Waals surface area contributed by atoms with Crippen LogP contribution in [0.15, 0.2) is 47.4 Å². The highest BCUT2D eigenvalue weighted by atomic mass is 32.2. The van der Waals surface area contributed by atoms with Gasteiger partial charge in [0.1, 0.15) is 11.5 Å². The first-order valence-corrected chi connectivity index (χ1v) is 8.57. The molecule has 0 radical (unpaired) electrons. The van der Waals surface area contributed by atoms with Gasteiger partial charge in [0.05, 0.1) is 0 Å². The van der Waals surface area contributed by atoms with Crippen molar-refractivity contribution in [1.82, 2.24) is 5.32 Å². The van der Waals surface area contributed by atoms with Crippen LogP contribution in [-0.4, -0.2) is 12.8 Å². The maximum absolute atomic E-state index is 6.02. The van der Waals surface area contributed by atoms with Crippen LogP contribution in [0.2, 0.25) is 0 Å². The van der Waals surface area contributed by atoms with E-state index in [4.69, 9.17) is 4.74 Å². The van der Waals surface area contributed by atoms with Crippen molar-refractivity contribution in [2.75, 3.05) is 12.8 Å². The zero-order valence-corrected chi connectivity index (χ0v) is 13.8. The van der Waals surface area contributed by atoms with Crippen molar-refractivity contribution >= 4 is 11.8 Å². The maximum atomic E-state index is 6.02. The third-order valence-corrected chi connectivity index (χ3v) is 4.04. The SMILES string of the molecule is CCCNCc1ccc(C)c(Oc2ccc(SC)cc2)c1. The number of aryl methyl sites for hydroxylation is 1. The van der Waals surface area contributed by atoms with Gasteiger partial charge < -0.3 is 10.1 Å². The molecule has 0 aliphatic rings. The average molecular weight is 301 g/mol. The molecule has 0 saturated heterocycles. The molecular weight excluding hydrogens is 278 g/mol. The van der Waals surface area contributed by atoms with Crippen molar-refractivity contribution in [2.24, 2.45) is 0 Å². The van der Waals surface area contributed by atoms with Crippen molar-refractivity contribution in [1.29, 1.82) is 0 Å². The minimum Gasteiger partial charge on any atom is -0.457 e. The standard InChI is InChI=1S/C18H23NOS/c1-4-11-19-13-15-6-5-14(2)18(12-15)20-16-7-9-17(21-3)10-8-16/h5-10,12,19H,4,11,13H2,1-3H3. The highest BCUT2D eigenvalue weighted by Crippen LogP contribution is 2.27. The molecule has 112 valence electrons. The lowest BCUT2D eigenvalue weighted by Gasteiger charge is -2.11. The molecular formula is C18H23NOS. The van der Waals surface area contributed by atoms with Crippen molar-refractivity contribution in [3.05, 3.63) is 53.6 Å². The lowest BCUT2D eigenvalue weighted by molar-refractivity contribution is 0.477. The molecule has 0 aliphatic carbocycles. The Bertz CT molecular complexity index is 566. The van der Waals surface area contributed by atoms with Gasteiger partial charge in [-0.15, -0.1) is 11.8 Å². The first-order chi connectivity index (χ1) is 10.2. The van der Waals surface area contributed by atoms with Gasteiger partial charge >= 0.3 is 0 Å². The van der Waals surface area contributed by atoms with E-state index in [-0.39, 0.29) is 0 Å². The second-order valence-electron chi connectivity index (χ2n) is 5.05. The number of rotatable bonds is 7. The predicted molar refractivity (Wildman–Crippen MR) is 91.5 cm³/mol. The van der Waals surface area contributed by atoms with Crippen molar-refractivity contribution in [3.63, 3.8) is 0 Å². The Kier molecular flexibility index (Phi) is 6.15. The van der Waals surface area contributed by atoms with Crippen molar-refractivity contribution < 1.29 is 4.74 Å². The van der Waals surface area contributed by atoms with Gasteiger partial charge in [0.15, 0.2) is 0 Å². The summed E-state index contributed by atoms with van der Waals surface area (Å²) in [4.78, 5) is 1.25. The van der Waals surface area contributed by atoms with E-state index in [1.807, 2.05) is 12.1 Å². The van der Waals surface area contributed by atoms with E-state index in [2.05, 4.69) is 55.8 Å². The summed E-state index contributed by atoms with van der Waals surface area (Å²) in [6.07, 6.45) is 3.23. The summed E-state index contributed by atoms with van der Waals surface area (Å²) in [5, 5.41) is 3.42. The smallest absolute Gasteiger partial charge is 0.130 e. The first-order valence-electron chi connectivity index (χ1n) is 7.35. The van der Waals surface area contributed by atoms with Crippen LogP contribution in [0.4, 0.5) is 0 Å². The van der Waals surface area contributed by atoms with Gasteiger partial charge in [0, 0.05) is 11.4 Å². The van der Waals surface area contributed by atoms with Crippen LogP contribution in [0.5, 0.6) is 11.5 Å². The van der Waals surface area contributed by atoms with Crippen molar-refractivity contribution in [2.45, 2.75) is 31.7 Å². The first kappa shape index (κ1) is 15.9. The molecule has 2 rings (SSSR count). The number of ether oxygens (including phenoxy) is 1. The summed E-state index contributed by atoms with van der Waals surface area (Å²) >= 11 is 1.74. The Labute approximate surface area is 131 Å². The third kappa shape index (κ3) is 4.80. The highest BCUT2D eigenvalue weighted by molar-refractivity contribution is 7.98. The van der Waals surface area contributed by atoms with Gasteiger partial charge in [-0.2, -0.15) is 0 Å². The molecule has 0 saturated carbocycles. The van der Waals surface area contributed by atoms with Crippen LogP contribution in [0.3, 0.4) is 0 Å². The van der Waals surface area contributed by atoms with E-state index >= 15 is 0 Å². The highest BCUT2D eigenvalue weighted by Gasteiger charge is 2.04. The Hall–Kier alpha value is -1.45. The number of hydrogen-bond acceptors (Lipinski definition) is 3. The van der Waals surface area contributed by atoms with Gasteiger partial charge in [-0.05, 0) is 67.6 Å². The molecule has 21 heavy (non-hydrogen) atoms. The van der Waals surface area contributed by atoms with Gasteiger partial charge in [-0.1, -0.05) is 19.1 Å². The summed E-state index contributed by atoms with van der Waals surface area (Å²) in [7, 11) is 0. The molecule has 0 unspecified atom stereocenters. The van der Waals surface area contributed by atoms with E-state index in [0.717, 1.165) is 36.6 Å². The maximum Gasteiger partial charge on any atom is 0.130 e. The van der Waals surface area contributed by atoms with Crippen LogP contribution in [-0.2, 0) is 6.54 Å². The van der Waals surface area contributed by atoms with E-state index < -0.39 is 0 Å². The fourth-order valence-corrected chi connectivity index (χ4v) is 2.45. The fourth-order valence-electron chi connectivity index (χ4n) is 2.04. The van der Waals surface area contributed by atoms with Crippen LogP contribution < -0.4 is 10.1 Å². The molecule has 0 heterocycles. The van der Waals surface area contributed by atoms with Gasteiger partial charge in [-0.3, -0.25) is 0 Å². The zero-order valence-electron chi connectivity index (χ0n) is 13.0. The number of thioether (sulfide) groups is 1. The summed E-state index contributed by atoms with van der Waals surface area (Å²) < 4.78 is 6.02. The van der Waals surface area contributed by atoms with E-state index in [1.165, 1.54) is 10.5 Å². The van der Waals surface area contributed by atoms with Crippen molar-refractivity contribution in [3.8, 4) is 11.5 Å². The molecule has 0 amide bonds. The van der Waals surface area contributed by atoms with Gasteiger partial charge in [-0.25, -0.2) is 0 Å². The predicted octanol–water partition coefficient (Wildman–Crippen LogP) is 5.01. The minimum absolute atomic E-state index is 0.884. The monoisotopic (exact) mass is 301 g/mol. The molecule has 0 spiro atoms. The molecule has 2 aromatic carbocycles. The van der Waals surface area contributed by atoms with E-state index in [9.17, 15) is 0 Å². The van der Waals surface area contributed by atoms with Crippen LogP contribution in [0.25, 0.3) is 0 Å². The molecule has 2 nitrogen and oxygen atoms in total. The van der Waals surface area contributed by atoms with Crippen LogP contribution >= 0.6 is 11.8 Å². The van der Waals surface area contributed by atoms with Gasteiger partial charge in [0.2, 0.25) is 0 Å². The lowest BCUT2D eigenvalue weighted by Crippen LogP contribution is -2.13. The van der Waals surface area contributed by atoms with E-state index in [1.54, 1.807) is 11.8 Å². The Morgan fingerprint density at radius 1 is 1.10 bits per heavy atom. The fraction of sp³-hybridized carbons (Fsp3) is 0.333. The zero-order chi connectivity index (χ0) is 15.1. The molecule has 0 atom stereocenters. The largest absolute Gasteiger partial charge is 0.457 e. The Morgan fingerprint density at radius 2 is 1.86 bits per heavy atom. The molecule has 1 N–H and O–H groups in total. The summed E-state index contributed by atoms with van der Waals surface area (Å²) in [5.41, 5.74) is 2.41. The minimum atomic E-state index is 0.884. The topological polar surface area (TPSA) is 21.3 Å². The second kappa shape index (κ2) is 8.11. The normalized spacial score (nSPS) is 10.6. The summed E-state index contributed by atoms with van der Waals surface area (Å²) in [6, 6.07) is 14.6. The summed E-state index contributed by atoms with van der Waals surface area (Å²) in [5.74, 6) is 1.82. The lowest BCUT2D eigenvalue weighted by atomic mass is 10.1. The Morgan fingerprint density at radius 3 is 2.52 bits per heavy atom. The average Bonchev–Trinajstić information content (AvgIpc) is 2.51. The third-order valence-electron chi connectivity index (χ3n) is 3.30. The van der Waals surface area contributed by atoms with Gasteiger partial charge in [0.25, 0.3) is 0 Å². The molecule has 0 fully saturated rings. The Balaban J connectivity index is 2.08. The molecule has 0 bridgehead atoms. The summed E-state index contributed by atoms with van der Waals surface area (Å²) in [6.45, 7) is 6.18.